The van der Waals surface area contributed by atoms with Crippen molar-refractivity contribution in [2.45, 2.75) is 32.1 Å². The summed E-state index contributed by atoms with van der Waals surface area (Å²) in [5.41, 5.74) is 0. The summed E-state index contributed by atoms with van der Waals surface area (Å²) in [6.45, 7) is 3.74. The molecule has 1 aliphatic rings. The second-order valence-electron chi connectivity index (χ2n) is 4.12. The molecule has 0 spiro atoms. The Labute approximate surface area is 96.0 Å². The van der Waals surface area contributed by atoms with Gasteiger partial charge in [-0.2, -0.15) is 0 Å². The van der Waals surface area contributed by atoms with Crippen molar-refractivity contribution >= 4 is 11.9 Å². The fraction of sp³-hybridized carbons (Fsp3) is 0.667. The van der Waals surface area contributed by atoms with Crippen molar-refractivity contribution < 1.29 is 14.3 Å². The van der Waals surface area contributed by atoms with Crippen LogP contribution in [0.1, 0.15) is 32.1 Å². The van der Waals surface area contributed by atoms with Gasteiger partial charge in [0.2, 0.25) is 0 Å². The summed E-state index contributed by atoms with van der Waals surface area (Å²) < 4.78 is 4.62. The minimum atomic E-state index is -0.562. The summed E-state index contributed by atoms with van der Waals surface area (Å²) >= 11 is 0. The predicted molar refractivity (Wildman–Crippen MR) is 60.7 cm³/mol. The van der Waals surface area contributed by atoms with E-state index in [0.717, 1.165) is 6.08 Å². The smallest absolute Gasteiger partial charge is 0.330 e. The molecule has 4 nitrogen and oxygen atoms in total. The summed E-state index contributed by atoms with van der Waals surface area (Å²) in [5, 5.41) is 2.78. The Balaban J connectivity index is 2.09. The molecule has 0 aromatic heterocycles. The fourth-order valence-electron chi connectivity index (χ4n) is 1.90. The van der Waals surface area contributed by atoms with Gasteiger partial charge in [-0.1, -0.05) is 25.8 Å². The molecule has 0 aromatic carbocycles. The zero-order valence-corrected chi connectivity index (χ0v) is 9.54. The molecule has 0 saturated heterocycles. The molecule has 4 heteroatoms. The molecule has 0 unspecified atom stereocenters. The fourth-order valence-corrected chi connectivity index (χ4v) is 1.90. The van der Waals surface area contributed by atoms with Gasteiger partial charge in [0, 0.05) is 12.6 Å². The van der Waals surface area contributed by atoms with E-state index in [9.17, 15) is 9.59 Å². The maximum absolute atomic E-state index is 11.3. The Hall–Kier alpha value is -1.32. The molecule has 0 bridgehead atoms. The second-order valence-corrected chi connectivity index (χ2v) is 4.12. The van der Waals surface area contributed by atoms with Crippen LogP contribution in [-0.4, -0.2) is 25.0 Å². The first-order chi connectivity index (χ1) is 7.72. The lowest BCUT2D eigenvalue weighted by Crippen LogP contribution is -2.33. The van der Waals surface area contributed by atoms with Crippen LogP contribution in [0, 0.1) is 5.92 Å². The van der Waals surface area contributed by atoms with E-state index in [1.165, 1.54) is 32.1 Å². The number of hydrogen-bond acceptors (Lipinski definition) is 3. The molecule has 1 aliphatic carbocycles. The number of carbonyl (C=O) groups excluding carboxylic acids is 2. The van der Waals surface area contributed by atoms with E-state index in [2.05, 4.69) is 16.6 Å². The molecule has 1 fully saturated rings. The zero-order chi connectivity index (χ0) is 11.8. The third kappa shape index (κ3) is 4.96. The number of amides is 1. The van der Waals surface area contributed by atoms with Gasteiger partial charge in [-0.15, -0.1) is 0 Å². The van der Waals surface area contributed by atoms with Gasteiger partial charge in [-0.25, -0.2) is 4.79 Å². The number of hydrogen-bond donors (Lipinski definition) is 1. The van der Waals surface area contributed by atoms with Crippen molar-refractivity contribution in [3.05, 3.63) is 12.7 Å². The lowest BCUT2D eigenvalue weighted by atomic mass is 9.89. The molecule has 0 atom stereocenters. The van der Waals surface area contributed by atoms with Crippen molar-refractivity contribution in [3.8, 4) is 0 Å². The van der Waals surface area contributed by atoms with Gasteiger partial charge in [0.1, 0.15) is 0 Å². The van der Waals surface area contributed by atoms with Crippen LogP contribution in [-0.2, 0) is 14.3 Å². The summed E-state index contributed by atoms with van der Waals surface area (Å²) in [6, 6.07) is 0. The largest absolute Gasteiger partial charge is 0.452 e. The SMILES string of the molecule is C=CC(=O)OCC(=O)NCC1CCCCC1. The highest BCUT2D eigenvalue weighted by atomic mass is 16.5. The first-order valence-electron chi connectivity index (χ1n) is 5.78. The number of esters is 1. The summed E-state index contributed by atoms with van der Waals surface area (Å²) in [6.07, 6.45) is 7.24. The molecule has 1 saturated carbocycles. The van der Waals surface area contributed by atoms with Crippen molar-refractivity contribution in [1.82, 2.24) is 5.32 Å². The van der Waals surface area contributed by atoms with Crippen molar-refractivity contribution in [2.75, 3.05) is 13.2 Å². The molecule has 0 heterocycles. The zero-order valence-electron chi connectivity index (χ0n) is 9.54. The third-order valence-corrected chi connectivity index (χ3v) is 2.82. The third-order valence-electron chi connectivity index (χ3n) is 2.82. The quantitative estimate of drug-likeness (QED) is 0.568. The van der Waals surface area contributed by atoms with E-state index >= 15 is 0 Å². The number of carbonyl (C=O) groups is 2. The maximum Gasteiger partial charge on any atom is 0.330 e. The van der Waals surface area contributed by atoms with Crippen molar-refractivity contribution in [3.63, 3.8) is 0 Å². The van der Waals surface area contributed by atoms with Crippen molar-refractivity contribution in [1.29, 1.82) is 0 Å². The molecule has 0 aromatic rings. The Kier molecular flexibility index (Phi) is 5.61. The Morgan fingerprint density at radius 1 is 1.31 bits per heavy atom. The van der Waals surface area contributed by atoms with Gasteiger partial charge in [-0.05, 0) is 18.8 Å². The molecule has 90 valence electrons. The minimum absolute atomic E-state index is 0.211. The summed E-state index contributed by atoms with van der Waals surface area (Å²) in [7, 11) is 0. The van der Waals surface area contributed by atoms with Gasteiger partial charge in [0.05, 0.1) is 0 Å². The van der Waals surface area contributed by atoms with E-state index in [0.29, 0.717) is 12.5 Å². The van der Waals surface area contributed by atoms with E-state index in [4.69, 9.17) is 0 Å². The topological polar surface area (TPSA) is 55.4 Å². The molecule has 0 aliphatic heterocycles. The maximum atomic E-state index is 11.3. The predicted octanol–water partition coefficient (Wildman–Crippen LogP) is 1.41. The van der Waals surface area contributed by atoms with Gasteiger partial charge in [0.25, 0.3) is 5.91 Å². The summed E-state index contributed by atoms with van der Waals surface area (Å²) in [4.78, 5) is 22.0. The van der Waals surface area contributed by atoms with Crippen LogP contribution in [0.4, 0.5) is 0 Å². The minimum Gasteiger partial charge on any atom is -0.452 e. The highest BCUT2D eigenvalue weighted by Crippen LogP contribution is 2.22. The molecule has 1 rings (SSSR count). The van der Waals surface area contributed by atoms with Gasteiger partial charge in [-0.3, -0.25) is 4.79 Å². The lowest BCUT2D eigenvalue weighted by Gasteiger charge is -2.21. The Bertz CT molecular complexity index is 257. The molecule has 16 heavy (non-hydrogen) atoms. The van der Waals surface area contributed by atoms with Crippen LogP contribution >= 0.6 is 0 Å². The van der Waals surface area contributed by atoms with Crippen LogP contribution in [0.5, 0.6) is 0 Å². The van der Waals surface area contributed by atoms with Crippen LogP contribution in [0.2, 0.25) is 0 Å². The average molecular weight is 225 g/mol. The normalized spacial score (nSPS) is 16.5. The molecular weight excluding hydrogens is 206 g/mol. The van der Waals surface area contributed by atoms with Gasteiger partial charge < -0.3 is 10.1 Å². The Morgan fingerprint density at radius 2 is 2.00 bits per heavy atom. The highest BCUT2D eigenvalue weighted by Gasteiger charge is 2.14. The highest BCUT2D eigenvalue weighted by molar-refractivity contribution is 5.85. The van der Waals surface area contributed by atoms with Crippen LogP contribution in [0.3, 0.4) is 0 Å². The van der Waals surface area contributed by atoms with E-state index in [-0.39, 0.29) is 12.5 Å². The number of nitrogens with one attached hydrogen (secondary N) is 1. The van der Waals surface area contributed by atoms with E-state index in [1.54, 1.807) is 0 Å². The first-order valence-corrected chi connectivity index (χ1v) is 5.78. The second kappa shape index (κ2) is 7.04. The lowest BCUT2D eigenvalue weighted by molar-refractivity contribution is -0.143. The molecule has 0 radical (unpaired) electrons. The first kappa shape index (κ1) is 12.7. The molecule has 1 N–H and O–H groups in total. The van der Waals surface area contributed by atoms with E-state index < -0.39 is 5.97 Å². The molecular formula is C12H19NO3. The van der Waals surface area contributed by atoms with Gasteiger partial charge in [0.15, 0.2) is 6.61 Å². The van der Waals surface area contributed by atoms with Crippen molar-refractivity contribution in [2.24, 2.45) is 5.92 Å². The Morgan fingerprint density at radius 3 is 2.62 bits per heavy atom. The number of ether oxygens (including phenoxy) is 1. The van der Waals surface area contributed by atoms with Crippen LogP contribution in [0.25, 0.3) is 0 Å². The summed E-state index contributed by atoms with van der Waals surface area (Å²) in [5.74, 6) is -0.207. The monoisotopic (exact) mass is 225 g/mol. The molecule has 1 amide bonds. The van der Waals surface area contributed by atoms with E-state index in [1.807, 2.05) is 0 Å². The standard InChI is InChI=1S/C12H19NO3/c1-2-12(15)16-9-11(14)13-8-10-6-4-3-5-7-10/h2,10H,1,3-9H2,(H,13,14). The van der Waals surface area contributed by atoms with Crippen LogP contribution in [0.15, 0.2) is 12.7 Å². The number of rotatable bonds is 5. The average Bonchev–Trinajstić information content (AvgIpc) is 2.34. The van der Waals surface area contributed by atoms with Gasteiger partial charge >= 0.3 is 5.97 Å². The van der Waals surface area contributed by atoms with Crippen LogP contribution < -0.4 is 5.32 Å².